The predicted octanol–water partition coefficient (Wildman–Crippen LogP) is 9.89. The van der Waals surface area contributed by atoms with Crippen LogP contribution in [0.25, 0.3) is 0 Å². The van der Waals surface area contributed by atoms with Gasteiger partial charge in [0.2, 0.25) is 0 Å². The largest absolute Gasteiger partial charge is 0.459 e. The summed E-state index contributed by atoms with van der Waals surface area (Å²) in [7, 11) is 1.70. The van der Waals surface area contributed by atoms with Crippen LogP contribution in [0.4, 0.5) is 0 Å². The van der Waals surface area contributed by atoms with Gasteiger partial charge in [0.1, 0.15) is 5.60 Å². The molecule has 0 amide bonds. The Bertz CT molecular complexity index is 976. The number of methoxy groups -OCH3 is 1. The van der Waals surface area contributed by atoms with Gasteiger partial charge >= 0.3 is 17.9 Å². The summed E-state index contributed by atoms with van der Waals surface area (Å²) in [6.07, 6.45) is 14.8. The van der Waals surface area contributed by atoms with E-state index in [0.717, 1.165) is 48.3 Å². The number of carbonyl (C=O) groups excluding carboxylic acids is 3. The van der Waals surface area contributed by atoms with E-state index in [1.807, 2.05) is 6.92 Å². The number of hydrogen-bond donors (Lipinski definition) is 0. The van der Waals surface area contributed by atoms with Crippen molar-refractivity contribution >= 4 is 17.9 Å². The zero-order valence-corrected chi connectivity index (χ0v) is 30.7. The zero-order valence-electron chi connectivity index (χ0n) is 30.7. The van der Waals surface area contributed by atoms with Gasteiger partial charge in [-0.1, -0.05) is 63.3 Å². The summed E-state index contributed by atoms with van der Waals surface area (Å²) in [6, 6.07) is 0. The molecular formula is C41H74O7. The first-order valence-corrected chi connectivity index (χ1v) is 18.8. The summed E-state index contributed by atoms with van der Waals surface area (Å²) in [5.74, 6) is 6.95. The molecule has 7 nitrogen and oxygen atoms in total. The number of carbonyl (C=O) groups is 3. The molecule has 8 fully saturated rings. The highest BCUT2D eigenvalue weighted by Crippen LogP contribution is 2.59. The Kier molecular flexibility index (Phi) is 16.1. The number of esters is 3. The van der Waals surface area contributed by atoms with E-state index >= 15 is 0 Å². The van der Waals surface area contributed by atoms with Crippen LogP contribution in [0, 0.1) is 71.0 Å². The van der Waals surface area contributed by atoms with Gasteiger partial charge in [-0.05, 0) is 138 Å². The highest BCUT2D eigenvalue weighted by atomic mass is 16.7. The number of rotatable bonds is 4. The van der Waals surface area contributed by atoms with Gasteiger partial charge in [0.25, 0.3) is 0 Å². The topological polar surface area (TPSA) is 88.1 Å². The Labute approximate surface area is 294 Å². The van der Waals surface area contributed by atoms with Crippen LogP contribution in [-0.4, -0.2) is 43.0 Å². The third kappa shape index (κ3) is 9.65. The third-order valence-corrected chi connectivity index (χ3v) is 13.9. The van der Waals surface area contributed by atoms with Crippen molar-refractivity contribution in [2.45, 2.75) is 166 Å². The second kappa shape index (κ2) is 18.1. The molecule has 0 N–H and O–H groups in total. The normalized spacial score (nSPS) is 43.5. The molecule has 6 saturated carbocycles. The molecule has 280 valence electrons. The summed E-state index contributed by atoms with van der Waals surface area (Å²) in [5, 5.41) is 0. The van der Waals surface area contributed by atoms with Gasteiger partial charge in [0, 0.05) is 7.11 Å². The maximum Gasteiger partial charge on any atom is 0.317 e. The van der Waals surface area contributed by atoms with Crippen molar-refractivity contribution in [3.05, 3.63) is 0 Å². The van der Waals surface area contributed by atoms with Crippen LogP contribution in [0.1, 0.15) is 148 Å². The Hall–Kier alpha value is -1.47. The van der Waals surface area contributed by atoms with Gasteiger partial charge in [-0.2, -0.15) is 0 Å². The first-order chi connectivity index (χ1) is 21.7. The average molecular weight is 679 g/mol. The molecule has 2 saturated heterocycles. The van der Waals surface area contributed by atoms with E-state index in [2.05, 4.69) is 46.3 Å². The summed E-state index contributed by atoms with van der Waals surface area (Å²) >= 11 is 0. The van der Waals surface area contributed by atoms with Crippen molar-refractivity contribution in [1.29, 1.82) is 0 Å². The number of hydrogen-bond acceptors (Lipinski definition) is 7. The highest BCUT2D eigenvalue weighted by molar-refractivity contribution is 5.95. The van der Waals surface area contributed by atoms with E-state index in [1.54, 1.807) is 27.4 Å². The number of ether oxygens (including phenoxy) is 4. The van der Waals surface area contributed by atoms with Crippen LogP contribution in [0.2, 0.25) is 0 Å². The van der Waals surface area contributed by atoms with Crippen molar-refractivity contribution in [2.75, 3.05) is 7.11 Å². The second-order valence-corrected chi connectivity index (χ2v) is 16.6. The van der Waals surface area contributed by atoms with Crippen LogP contribution in [0.3, 0.4) is 0 Å². The molecule has 2 aliphatic heterocycles. The summed E-state index contributed by atoms with van der Waals surface area (Å²) in [4.78, 5) is 33.3. The lowest BCUT2D eigenvalue weighted by Crippen LogP contribution is -2.58. The van der Waals surface area contributed by atoms with Gasteiger partial charge in [-0.15, -0.1) is 0 Å². The Morgan fingerprint density at radius 2 is 1.27 bits per heavy atom. The number of cyclic esters (lactones) is 2. The van der Waals surface area contributed by atoms with Crippen LogP contribution in [0.5, 0.6) is 0 Å². The van der Waals surface area contributed by atoms with Crippen molar-refractivity contribution in [1.82, 2.24) is 0 Å². The lowest BCUT2D eigenvalue weighted by atomic mass is 9.50. The molecule has 8 rings (SSSR count). The quantitative estimate of drug-likeness (QED) is 0.216. The van der Waals surface area contributed by atoms with Gasteiger partial charge in [-0.25, -0.2) is 0 Å². The predicted molar refractivity (Wildman–Crippen MR) is 193 cm³/mol. The molecule has 0 aromatic rings. The van der Waals surface area contributed by atoms with E-state index in [-0.39, 0.29) is 50.5 Å². The van der Waals surface area contributed by atoms with E-state index in [4.69, 9.17) is 14.2 Å². The summed E-state index contributed by atoms with van der Waals surface area (Å²) in [6.45, 7) is 18.9. The number of fused-ring (bicyclic) bond motifs is 2. The molecule has 7 heteroatoms. The third-order valence-electron chi connectivity index (χ3n) is 13.9. The first-order valence-electron chi connectivity index (χ1n) is 18.8. The summed E-state index contributed by atoms with van der Waals surface area (Å²) < 4.78 is 20.9. The van der Waals surface area contributed by atoms with Crippen LogP contribution in [0.15, 0.2) is 0 Å². The maximum absolute atomic E-state index is 12.1. The lowest BCUT2D eigenvalue weighted by Gasteiger charge is -2.59. The van der Waals surface area contributed by atoms with E-state index in [0.29, 0.717) is 23.9 Å². The fourth-order valence-electron chi connectivity index (χ4n) is 9.58. The van der Waals surface area contributed by atoms with Crippen LogP contribution >= 0.6 is 0 Å². The summed E-state index contributed by atoms with van der Waals surface area (Å²) in [5.41, 5.74) is -0.145. The molecule has 0 radical (unpaired) electrons. The Morgan fingerprint density at radius 1 is 0.792 bits per heavy atom. The van der Waals surface area contributed by atoms with Crippen molar-refractivity contribution in [3.63, 3.8) is 0 Å². The van der Waals surface area contributed by atoms with E-state index in [1.165, 1.54) is 51.4 Å². The molecule has 0 aromatic heterocycles. The fraction of sp³-hybridized carbons (Fsp3) is 0.927. The Morgan fingerprint density at radius 3 is 1.60 bits per heavy atom. The molecule has 8 aliphatic rings. The minimum atomic E-state index is -0.396. The van der Waals surface area contributed by atoms with E-state index in [9.17, 15) is 14.4 Å². The monoisotopic (exact) mass is 679 g/mol. The van der Waals surface area contributed by atoms with E-state index < -0.39 is 11.9 Å². The molecule has 0 spiro atoms. The Balaban J connectivity index is 0.000000231. The standard InChI is InChI=1S/C16H26O2.C9H16.C8H16O2.C6H8O3.2CH4/c1-4-10(2)15(17)18-16(3)13-6-11-5-12(8-13)9-14(16)7-11;1-6-7(2)9-4-3-8(6)5-9;1-6-4-5-8(9-3)10-7(6)2;1-3-4(2)6(8)9-5(3)7;;/h10-14H,4-9H2,1-3H3;6-9H,3-5H2,1-2H3;6-8H,4-5H2,1-3H3;3-4H,1-2H3;2*1H4. The van der Waals surface area contributed by atoms with Crippen molar-refractivity contribution < 1.29 is 33.3 Å². The molecule has 2 heterocycles. The second-order valence-electron chi connectivity index (χ2n) is 16.6. The molecular weight excluding hydrogens is 604 g/mol. The molecule has 10 atom stereocenters. The van der Waals surface area contributed by atoms with Crippen molar-refractivity contribution in [3.8, 4) is 0 Å². The van der Waals surface area contributed by atoms with Gasteiger partial charge < -0.3 is 18.9 Å². The SMILES string of the molecule is C.C.CC1C(=O)OC(=O)C1C.CC1C2CCC(C2)C1C.CCC(C)C(=O)OC1(C)C2CC3CC(C2)CC1C3.COC1CCC(C)C(C)O1. The van der Waals surface area contributed by atoms with Gasteiger partial charge in [0.15, 0.2) is 6.29 Å². The molecule has 6 aliphatic carbocycles. The van der Waals surface area contributed by atoms with Gasteiger partial charge in [0.05, 0.1) is 23.9 Å². The minimum absolute atomic E-state index is 0. The molecule has 0 aromatic carbocycles. The van der Waals surface area contributed by atoms with Crippen LogP contribution < -0.4 is 0 Å². The zero-order chi connectivity index (χ0) is 33.9. The smallest absolute Gasteiger partial charge is 0.317 e. The first kappa shape index (κ1) is 42.7. The van der Waals surface area contributed by atoms with Gasteiger partial charge in [-0.3, -0.25) is 14.4 Å². The highest BCUT2D eigenvalue weighted by Gasteiger charge is 2.57. The fourth-order valence-corrected chi connectivity index (χ4v) is 9.58. The van der Waals surface area contributed by atoms with Crippen molar-refractivity contribution in [2.24, 2.45) is 71.0 Å². The molecule has 48 heavy (non-hydrogen) atoms. The van der Waals surface area contributed by atoms with Crippen LogP contribution in [-0.2, 0) is 33.3 Å². The minimum Gasteiger partial charge on any atom is -0.459 e. The molecule has 6 bridgehead atoms. The average Bonchev–Trinajstić information content (AvgIpc) is 3.69. The maximum atomic E-state index is 12.1. The molecule has 10 unspecified atom stereocenters. The lowest BCUT2D eigenvalue weighted by molar-refractivity contribution is -0.206.